The van der Waals surface area contributed by atoms with Gasteiger partial charge in [0.25, 0.3) is 0 Å². The molecule has 10 nitrogen and oxygen atoms in total. The van der Waals surface area contributed by atoms with Crippen molar-refractivity contribution in [3.8, 4) is 0 Å². The summed E-state index contributed by atoms with van der Waals surface area (Å²) in [5.41, 5.74) is 0. The van der Waals surface area contributed by atoms with E-state index in [0.717, 1.165) is 48.6 Å². The van der Waals surface area contributed by atoms with Gasteiger partial charge < -0.3 is 23.3 Å². The largest absolute Gasteiger partial charge is 0.460 e. The molecule has 10 heteroatoms. The third-order valence-electron chi connectivity index (χ3n) is 7.49. The maximum Gasteiger partial charge on any atom is 0.307 e. The second-order valence-corrected chi connectivity index (χ2v) is 13.7. The molecule has 0 bridgehead atoms. The van der Waals surface area contributed by atoms with E-state index in [1.165, 1.54) is 25.7 Å². The SMILES string of the molecule is CN1CN(C)CN(C2CCC(CN(CCC(=O)OCC[N+](C)(C)C)CCC(=O)OCC[N+](C)(C)C)CC2)C1. The highest BCUT2D eigenvalue weighted by molar-refractivity contribution is 5.70. The van der Waals surface area contributed by atoms with Crippen molar-refractivity contribution in [2.75, 3.05) is 122 Å². The van der Waals surface area contributed by atoms with Gasteiger partial charge in [0.05, 0.1) is 75.1 Å². The summed E-state index contributed by atoms with van der Waals surface area (Å²) in [6.45, 7) is 7.73. The third kappa shape index (κ3) is 14.2. The lowest BCUT2D eigenvalue weighted by Gasteiger charge is -2.45. The van der Waals surface area contributed by atoms with Crippen LogP contribution in [0.25, 0.3) is 0 Å². The van der Waals surface area contributed by atoms with Crippen LogP contribution in [0.2, 0.25) is 0 Å². The van der Waals surface area contributed by atoms with Crippen LogP contribution in [-0.4, -0.2) is 169 Å². The molecule has 222 valence electrons. The summed E-state index contributed by atoms with van der Waals surface area (Å²) in [6.07, 6.45) is 5.51. The van der Waals surface area contributed by atoms with Gasteiger partial charge in [-0.25, -0.2) is 0 Å². The zero-order valence-electron chi connectivity index (χ0n) is 25.8. The Hall–Kier alpha value is -1.30. The molecular formula is C28H58N6O4+2. The number of quaternary nitrogens is 2. The first-order chi connectivity index (χ1) is 17.7. The van der Waals surface area contributed by atoms with Gasteiger partial charge in [0.2, 0.25) is 0 Å². The van der Waals surface area contributed by atoms with Crippen molar-refractivity contribution in [2.45, 2.75) is 44.6 Å². The molecule has 0 unspecified atom stereocenters. The molecule has 0 atom stereocenters. The number of carbonyl (C=O) groups is 2. The summed E-state index contributed by atoms with van der Waals surface area (Å²) >= 11 is 0. The Bertz CT molecular complexity index is 669. The molecule has 1 saturated heterocycles. The molecule has 0 N–H and O–H groups in total. The van der Waals surface area contributed by atoms with Crippen molar-refractivity contribution in [3.63, 3.8) is 0 Å². The van der Waals surface area contributed by atoms with Crippen LogP contribution in [0.4, 0.5) is 0 Å². The third-order valence-corrected chi connectivity index (χ3v) is 7.49. The molecule has 1 saturated carbocycles. The Morgan fingerprint density at radius 1 is 0.737 bits per heavy atom. The van der Waals surface area contributed by atoms with Gasteiger partial charge in [0.15, 0.2) is 0 Å². The van der Waals surface area contributed by atoms with E-state index >= 15 is 0 Å². The van der Waals surface area contributed by atoms with Crippen LogP contribution < -0.4 is 0 Å². The summed E-state index contributed by atoms with van der Waals surface area (Å²) < 4.78 is 12.5. The van der Waals surface area contributed by atoms with Gasteiger partial charge in [-0.2, -0.15) is 0 Å². The molecule has 38 heavy (non-hydrogen) atoms. The number of likely N-dealkylation sites (N-methyl/N-ethyl adjacent to an activating group) is 2. The van der Waals surface area contributed by atoms with Crippen LogP contribution in [-0.2, 0) is 19.1 Å². The average Bonchev–Trinajstić information content (AvgIpc) is 2.79. The molecule has 2 rings (SSSR count). The Labute approximate surface area is 232 Å². The highest BCUT2D eigenvalue weighted by Crippen LogP contribution is 2.29. The Balaban J connectivity index is 1.83. The molecule has 0 spiro atoms. The van der Waals surface area contributed by atoms with Crippen LogP contribution in [0, 0.1) is 5.92 Å². The van der Waals surface area contributed by atoms with E-state index in [1.807, 2.05) is 0 Å². The Morgan fingerprint density at radius 3 is 1.61 bits per heavy atom. The van der Waals surface area contributed by atoms with Crippen molar-refractivity contribution in [3.05, 3.63) is 0 Å². The predicted molar refractivity (Wildman–Crippen MR) is 151 cm³/mol. The molecule has 2 aliphatic rings. The van der Waals surface area contributed by atoms with Crippen LogP contribution in [0.1, 0.15) is 38.5 Å². The number of carbonyl (C=O) groups excluding carboxylic acids is 2. The number of hydrogen-bond acceptors (Lipinski definition) is 8. The highest BCUT2D eigenvalue weighted by Gasteiger charge is 2.30. The topological polar surface area (TPSA) is 65.6 Å². The van der Waals surface area contributed by atoms with E-state index in [1.54, 1.807) is 0 Å². The summed E-state index contributed by atoms with van der Waals surface area (Å²) in [6, 6.07) is 0.636. The van der Waals surface area contributed by atoms with Gasteiger partial charge in [-0.05, 0) is 45.7 Å². The maximum absolute atomic E-state index is 12.4. The smallest absolute Gasteiger partial charge is 0.307 e. The average molecular weight is 543 g/mol. The van der Waals surface area contributed by atoms with Crippen LogP contribution in [0.3, 0.4) is 0 Å². The lowest BCUT2D eigenvalue weighted by Crippen LogP contribution is -2.56. The fraction of sp³-hybridized carbons (Fsp3) is 0.929. The van der Waals surface area contributed by atoms with Gasteiger partial charge in [0, 0.05) is 25.7 Å². The lowest BCUT2D eigenvalue weighted by molar-refractivity contribution is -0.870. The number of rotatable bonds is 15. The van der Waals surface area contributed by atoms with Crippen molar-refractivity contribution >= 4 is 11.9 Å². The van der Waals surface area contributed by atoms with Gasteiger partial charge in [-0.15, -0.1) is 0 Å². The van der Waals surface area contributed by atoms with Crippen LogP contribution >= 0.6 is 0 Å². The monoisotopic (exact) mass is 542 g/mol. The molecule has 0 aromatic heterocycles. The molecular weight excluding hydrogens is 484 g/mol. The minimum Gasteiger partial charge on any atom is -0.460 e. The zero-order valence-corrected chi connectivity index (χ0v) is 25.8. The van der Waals surface area contributed by atoms with Gasteiger partial charge >= 0.3 is 11.9 Å². The van der Waals surface area contributed by atoms with E-state index in [-0.39, 0.29) is 11.9 Å². The number of ether oxygens (including phenoxy) is 2. The van der Waals surface area contributed by atoms with Crippen molar-refractivity contribution < 1.29 is 28.0 Å². The number of esters is 2. The van der Waals surface area contributed by atoms with Crippen LogP contribution in [0.15, 0.2) is 0 Å². The second-order valence-electron chi connectivity index (χ2n) is 13.7. The van der Waals surface area contributed by atoms with Gasteiger partial charge in [-0.3, -0.25) is 24.3 Å². The zero-order chi connectivity index (χ0) is 28.3. The minimum absolute atomic E-state index is 0.156. The Kier molecular flexibility index (Phi) is 13.4. The first kappa shape index (κ1) is 32.9. The van der Waals surface area contributed by atoms with Gasteiger partial charge in [0.1, 0.15) is 26.3 Å². The predicted octanol–water partition coefficient (Wildman–Crippen LogP) is 1.18. The van der Waals surface area contributed by atoms with Crippen molar-refractivity contribution in [1.29, 1.82) is 0 Å². The van der Waals surface area contributed by atoms with Crippen molar-refractivity contribution in [2.24, 2.45) is 5.92 Å². The van der Waals surface area contributed by atoms with E-state index in [4.69, 9.17) is 9.47 Å². The fourth-order valence-corrected chi connectivity index (χ4v) is 5.26. The van der Waals surface area contributed by atoms with E-state index in [9.17, 15) is 9.59 Å². The molecule has 0 amide bonds. The fourth-order valence-electron chi connectivity index (χ4n) is 5.26. The lowest BCUT2D eigenvalue weighted by atomic mass is 9.85. The summed E-state index contributed by atoms with van der Waals surface area (Å²) in [4.78, 5) is 34.5. The second kappa shape index (κ2) is 15.5. The standard InChI is InChI=1S/C28H58N6O4/c1-29-22-30(2)24-32(23-29)26-11-9-25(10-12-26)21-31(15-13-27(35)37-19-17-33(3,4)5)16-14-28(36)38-20-18-34(6,7)8/h25-26H,9-24H2,1-8H3/q+2. The van der Waals surface area contributed by atoms with Gasteiger partial charge in [-0.1, -0.05) is 0 Å². The van der Waals surface area contributed by atoms with Crippen LogP contribution in [0.5, 0.6) is 0 Å². The summed E-state index contributed by atoms with van der Waals surface area (Å²) in [5.74, 6) is 0.280. The highest BCUT2D eigenvalue weighted by atomic mass is 16.5. The molecule has 0 radical (unpaired) electrons. The molecule has 0 aromatic carbocycles. The first-order valence-electron chi connectivity index (χ1n) is 14.5. The number of hydrogen-bond donors (Lipinski definition) is 0. The molecule has 1 aliphatic heterocycles. The van der Waals surface area contributed by atoms with E-state index in [2.05, 4.69) is 76.0 Å². The maximum atomic E-state index is 12.4. The van der Waals surface area contributed by atoms with Crippen molar-refractivity contribution in [1.82, 2.24) is 19.6 Å². The minimum atomic E-state index is -0.156. The molecule has 0 aromatic rings. The quantitative estimate of drug-likeness (QED) is 0.226. The molecule has 1 heterocycles. The molecule has 1 aliphatic carbocycles. The molecule has 2 fully saturated rings. The first-order valence-corrected chi connectivity index (χ1v) is 14.5. The Morgan fingerprint density at radius 2 is 1.18 bits per heavy atom. The normalized spacial score (nSPS) is 22.6. The van der Waals surface area contributed by atoms with E-state index < -0.39 is 0 Å². The number of nitrogens with zero attached hydrogens (tertiary/aromatic N) is 6. The van der Waals surface area contributed by atoms with E-state index in [0.29, 0.717) is 51.1 Å². The summed E-state index contributed by atoms with van der Waals surface area (Å²) in [7, 11) is 16.9. The summed E-state index contributed by atoms with van der Waals surface area (Å²) in [5, 5.41) is 0.